The van der Waals surface area contributed by atoms with Gasteiger partial charge in [0.2, 0.25) is 5.91 Å². The number of carbonyl (C=O) groups excluding carboxylic acids is 1. The number of nitrogens with one attached hydrogen (secondary N) is 1. The molecular formula is C15H22Br2Cl2N2O. The molecule has 0 saturated heterocycles. The number of carbonyl (C=O) groups is 1. The zero-order valence-electron chi connectivity index (χ0n) is 12.6. The summed E-state index contributed by atoms with van der Waals surface area (Å²) in [5, 5.41) is 4.42. The average molecular weight is 477 g/mol. The highest BCUT2D eigenvalue weighted by Gasteiger charge is 2.02. The van der Waals surface area contributed by atoms with Crippen molar-refractivity contribution >= 4 is 62.0 Å². The van der Waals surface area contributed by atoms with Gasteiger partial charge in [0.15, 0.2) is 0 Å². The fourth-order valence-corrected chi connectivity index (χ4v) is 2.50. The lowest BCUT2D eigenvalue weighted by molar-refractivity contribution is -0.118. The van der Waals surface area contributed by atoms with Crippen LogP contribution in [0, 0.1) is 0 Å². The Morgan fingerprint density at radius 1 is 1.23 bits per heavy atom. The van der Waals surface area contributed by atoms with Crippen LogP contribution in [0.1, 0.15) is 18.4 Å². The van der Waals surface area contributed by atoms with Crippen molar-refractivity contribution in [2.75, 3.05) is 32.0 Å². The molecule has 126 valence electrons. The Morgan fingerprint density at radius 2 is 1.91 bits per heavy atom. The van der Waals surface area contributed by atoms with Crippen LogP contribution < -0.4 is 5.32 Å². The number of benzene rings is 1. The standard InChI is InChI=1S/C15H21BrCl2N2O.BrH/c1-20(9-3-7-19-15(21)11-16)8-2-4-12-5-6-13(17)14(18)10-12;/h5-6,10H,2-4,7-9,11H2,1H3,(H,19,21);1H. The van der Waals surface area contributed by atoms with Crippen LogP contribution in [0.5, 0.6) is 0 Å². The first-order valence-electron chi connectivity index (χ1n) is 6.98. The maximum Gasteiger partial charge on any atom is 0.230 e. The molecule has 0 aliphatic carbocycles. The number of aryl methyl sites for hydroxylation is 1. The molecule has 1 N–H and O–H groups in total. The predicted octanol–water partition coefficient (Wildman–Crippen LogP) is 4.34. The summed E-state index contributed by atoms with van der Waals surface area (Å²) in [4.78, 5) is 13.3. The maximum atomic E-state index is 11.0. The molecule has 1 rings (SSSR count). The van der Waals surface area contributed by atoms with Crippen LogP contribution >= 0.6 is 56.1 Å². The van der Waals surface area contributed by atoms with E-state index in [1.807, 2.05) is 18.2 Å². The molecule has 0 aliphatic rings. The van der Waals surface area contributed by atoms with E-state index in [0.717, 1.165) is 38.9 Å². The van der Waals surface area contributed by atoms with Crippen molar-refractivity contribution in [1.82, 2.24) is 10.2 Å². The molecule has 1 aromatic rings. The second kappa shape index (κ2) is 12.6. The first-order valence-corrected chi connectivity index (χ1v) is 8.86. The van der Waals surface area contributed by atoms with Gasteiger partial charge in [-0.25, -0.2) is 0 Å². The Bertz CT molecular complexity index is 461. The Hall–Kier alpha value is 0.190. The molecule has 0 aromatic heterocycles. The van der Waals surface area contributed by atoms with E-state index in [-0.39, 0.29) is 22.9 Å². The third-order valence-electron chi connectivity index (χ3n) is 3.15. The minimum absolute atomic E-state index is 0. The zero-order chi connectivity index (χ0) is 15.7. The van der Waals surface area contributed by atoms with Gasteiger partial charge in [-0.15, -0.1) is 17.0 Å². The lowest BCUT2D eigenvalue weighted by Gasteiger charge is -2.16. The molecule has 0 fully saturated rings. The maximum absolute atomic E-state index is 11.0. The number of hydrogen-bond acceptors (Lipinski definition) is 2. The zero-order valence-corrected chi connectivity index (χ0v) is 17.4. The lowest BCUT2D eigenvalue weighted by atomic mass is 10.1. The molecule has 0 aliphatic heterocycles. The van der Waals surface area contributed by atoms with Gasteiger partial charge in [0.25, 0.3) is 0 Å². The van der Waals surface area contributed by atoms with Gasteiger partial charge in [-0.3, -0.25) is 4.79 Å². The quantitative estimate of drug-likeness (QED) is 0.425. The minimum atomic E-state index is 0. The van der Waals surface area contributed by atoms with E-state index >= 15 is 0 Å². The topological polar surface area (TPSA) is 32.3 Å². The van der Waals surface area contributed by atoms with Crippen molar-refractivity contribution in [2.45, 2.75) is 19.3 Å². The SMILES string of the molecule is Br.CN(CCCNC(=O)CBr)CCCc1ccc(Cl)c(Cl)c1. The van der Waals surface area contributed by atoms with Crippen LogP contribution in [0.3, 0.4) is 0 Å². The van der Waals surface area contributed by atoms with Gasteiger partial charge in [-0.05, 0) is 57.1 Å². The van der Waals surface area contributed by atoms with Gasteiger partial charge in [0, 0.05) is 6.54 Å². The number of halogens is 4. The van der Waals surface area contributed by atoms with Crippen LogP contribution in [-0.4, -0.2) is 42.8 Å². The molecule has 7 heteroatoms. The molecule has 0 atom stereocenters. The Balaban J connectivity index is 0.00000441. The summed E-state index contributed by atoms with van der Waals surface area (Å²) in [6, 6.07) is 5.79. The fraction of sp³-hybridized carbons (Fsp3) is 0.533. The number of hydrogen-bond donors (Lipinski definition) is 1. The number of amides is 1. The Labute approximate surface area is 161 Å². The van der Waals surface area contributed by atoms with Crippen molar-refractivity contribution in [1.29, 1.82) is 0 Å². The molecule has 0 bridgehead atoms. The smallest absolute Gasteiger partial charge is 0.230 e. The molecule has 22 heavy (non-hydrogen) atoms. The van der Waals surface area contributed by atoms with Gasteiger partial charge >= 0.3 is 0 Å². The van der Waals surface area contributed by atoms with E-state index in [0.29, 0.717) is 15.4 Å². The molecule has 0 radical (unpaired) electrons. The first kappa shape index (κ1) is 22.2. The van der Waals surface area contributed by atoms with Gasteiger partial charge in [-0.2, -0.15) is 0 Å². The van der Waals surface area contributed by atoms with Crippen molar-refractivity contribution in [3.05, 3.63) is 33.8 Å². The molecule has 1 amide bonds. The van der Waals surface area contributed by atoms with Gasteiger partial charge in [0.05, 0.1) is 15.4 Å². The van der Waals surface area contributed by atoms with Crippen LogP contribution in [-0.2, 0) is 11.2 Å². The fourth-order valence-electron chi connectivity index (χ4n) is 1.98. The number of nitrogens with zero attached hydrogens (tertiary/aromatic N) is 1. The normalized spacial score (nSPS) is 10.4. The monoisotopic (exact) mass is 474 g/mol. The lowest BCUT2D eigenvalue weighted by Crippen LogP contribution is -2.29. The Kier molecular flexibility index (Phi) is 12.7. The average Bonchev–Trinajstić information content (AvgIpc) is 2.47. The van der Waals surface area contributed by atoms with Crippen molar-refractivity contribution < 1.29 is 4.79 Å². The van der Waals surface area contributed by atoms with E-state index in [2.05, 4.69) is 33.2 Å². The first-order chi connectivity index (χ1) is 10.0. The van der Waals surface area contributed by atoms with Crippen molar-refractivity contribution in [3.8, 4) is 0 Å². The minimum Gasteiger partial charge on any atom is -0.355 e. The highest BCUT2D eigenvalue weighted by Crippen LogP contribution is 2.23. The molecule has 3 nitrogen and oxygen atoms in total. The predicted molar refractivity (Wildman–Crippen MR) is 104 cm³/mol. The van der Waals surface area contributed by atoms with Crippen LogP contribution in [0.25, 0.3) is 0 Å². The highest BCUT2D eigenvalue weighted by atomic mass is 79.9. The van der Waals surface area contributed by atoms with E-state index in [1.54, 1.807) is 0 Å². The summed E-state index contributed by atoms with van der Waals surface area (Å²) in [6.07, 6.45) is 3.02. The molecule has 0 unspecified atom stereocenters. The van der Waals surface area contributed by atoms with Gasteiger partial charge in [-0.1, -0.05) is 45.2 Å². The third kappa shape index (κ3) is 9.36. The summed E-state index contributed by atoms with van der Waals surface area (Å²) in [6.45, 7) is 2.72. The van der Waals surface area contributed by atoms with Crippen LogP contribution in [0.2, 0.25) is 10.0 Å². The molecule has 0 spiro atoms. The molecule has 0 heterocycles. The van der Waals surface area contributed by atoms with Gasteiger partial charge in [0.1, 0.15) is 0 Å². The summed E-state index contributed by atoms with van der Waals surface area (Å²) >= 11 is 15.0. The summed E-state index contributed by atoms with van der Waals surface area (Å²) in [5.74, 6) is 0.0391. The molecule has 0 saturated carbocycles. The number of alkyl halides is 1. The largest absolute Gasteiger partial charge is 0.355 e. The van der Waals surface area contributed by atoms with Crippen LogP contribution in [0.15, 0.2) is 18.2 Å². The second-order valence-corrected chi connectivity index (χ2v) is 6.37. The van der Waals surface area contributed by atoms with Crippen LogP contribution in [0.4, 0.5) is 0 Å². The molecule has 1 aromatic carbocycles. The molecular weight excluding hydrogens is 455 g/mol. The van der Waals surface area contributed by atoms with E-state index in [4.69, 9.17) is 23.2 Å². The Morgan fingerprint density at radius 3 is 2.55 bits per heavy atom. The second-order valence-electron chi connectivity index (χ2n) is 4.99. The van der Waals surface area contributed by atoms with Gasteiger partial charge < -0.3 is 10.2 Å². The third-order valence-corrected chi connectivity index (χ3v) is 4.40. The van der Waals surface area contributed by atoms with E-state index in [9.17, 15) is 4.79 Å². The summed E-state index contributed by atoms with van der Waals surface area (Å²) in [7, 11) is 2.10. The van der Waals surface area contributed by atoms with Crippen molar-refractivity contribution in [2.24, 2.45) is 0 Å². The highest BCUT2D eigenvalue weighted by molar-refractivity contribution is 9.09. The van der Waals surface area contributed by atoms with E-state index in [1.165, 1.54) is 5.56 Å². The summed E-state index contributed by atoms with van der Waals surface area (Å²) < 4.78 is 0. The van der Waals surface area contributed by atoms with Crippen molar-refractivity contribution in [3.63, 3.8) is 0 Å². The van der Waals surface area contributed by atoms with E-state index < -0.39 is 0 Å². The summed E-state index contributed by atoms with van der Waals surface area (Å²) in [5.41, 5.74) is 1.21. The number of rotatable bonds is 9.